The monoisotopic (exact) mass is 312 g/mol. The minimum absolute atomic E-state index is 0. The molecule has 100 valence electrons. The Morgan fingerprint density at radius 3 is 2.33 bits per heavy atom. The predicted octanol–water partition coefficient (Wildman–Crippen LogP) is 1.90. The van der Waals surface area contributed by atoms with Gasteiger partial charge in [-0.1, -0.05) is 12.1 Å². The van der Waals surface area contributed by atoms with E-state index >= 15 is 0 Å². The molecule has 0 atom stereocenters. The van der Waals surface area contributed by atoms with Gasteiger partial charge in [-0.25, -0.2) is 0 Å². The van der Waals surface area contributed by atoms with Crippen LogP contribution in [-0.2, 0) is 0 Å². The van der Waals surface area contributed by atoms with Crippen molar-refractivity contribution >= 4 is 28.6 Å². The highest BCUT2D eigenvalue weighted by atomic mass is 79.9. The van der Waals surface area contributed by atoms with Crippen LogP contribution in [-0.4, -0.2) is 37.0 Å². The quantitative estimate of drug-likeness (QED) is 0.615. The first-order valence-electron chi connectivity index (χ1n) is 5.99. The number of nitrogens with zero attached hydrogens (tertiary/aromatic N) is 2. The summed E-state index contributed by atoms with van der Waals surface area (Å²) >= 11 is 0. The summed E-state index contributed by atoms with van der Waals surface area (Å²) in [6.07, 6.45) is 0. The summed E-state index contributed by atoms with van der Waals surface area (Å²) in [5, 5.41) is 7.42. The summed E-state index contributed by atoms with van der Waals surface area (Å²) in [5.41, 5.74) is 9.41. The van der Waals surface area contributed by atoms with Crippen molar-refractivity contribution in [3.8, 4) is 0 Å². The molecule has 18 heavy (non-hydrogen) atoms. The number of rotatable bonds is 1. The minimum Gasteiger partial charge on any atom is -0.370 e. The number of benzene rings is 1. The lowest BCUT2D eigenvalue weighted by molar-refractivity contribution is 0.380. The van der Waals surface area contributed by atoms with Crippen LogP contribution >= 0.6 is 17.0 Å². The first-order chi connectivity index (χ1) is 8.08. The maximum Gasteiger partial charge on any atom is 0.188 e. The summed E-state index contributed by atoms with van der Waals surface area (Å²) < 4.78 is 0. The van der Waals surface area contributed by atoms with Gasteiger partial charge < -0.3 is 15.5 Å². The van der Waals surface area contributed by atoms with Crippen LogP contribution in [0.5, 0.6) is 0 Å². The predicted molar refractivity (Wildman–Crippen MR) is 81.9 cm³/mol. The fourth-order valence-electron chi connectivity index (χ4n) is 2.25. The normalized spacial score (nSPS) is 15.2. The van der Waals surface area contributed by atoms with E-state index in [0.29, 0.717) is 0 Å². The Bertz CT molecular complexity index is 425. The topological polar surface area (TPSA) is 56.4 Å². The first kappa shape index (κ1) is 14.8. The van der Waals surface area contributed by atoms with Gasteiger partial charge in [0.25, 0.3) is 0 Å². The average molecular weight is 313 g/mol. The van der Waals surface area contributed by atoms with Crippen LogP contribution in [0.3, 0.4) is 0 Å². The molecule has 1 aliphatic rings. The zero-order chi connectivity index (χ0) is 12.4. The summed E-state index contributed by atoms with van der Waals surface area (Å²) in [4.78, 5) is 4.30. The lowest BCUT2D eigenvalue weighted by Gasteiger charge is -2.37. The standard InChI is InChI=1S/C13H20N4.BrH/c1-10-3-4-11(2)12(9-10)16-5-7-17(8-6-16)13(14)15;/h3-4,9H,5-8H2,1-2H3,(H3,14,15);1H. The SMILES string of the molecule is Br.Cc1ccc(C)c(N2CCN(C(=N)N)CC2)c1. The van der Waals surface area contributed by atoms with Crippen LogP contribution in [0, 0.1) is 19.3 Å². The fourth-order valence-corrected chi connectivity index (χ4v) is 2.25. The van der Waals surface area contributed by atoms with Gasteiger partial charge in [0.05, 0.1) is 0 Å². The number of aryl methyl sites for hydroxylation is 2. The van der Waals surface area contributed by atoms with Gasteiger partial charge >= 0.3 is 0 Å². The van der Waals surface area contributed by atoms with Gasteiger partial charge in [0.2, 0.25) is 0 Å². The van der Waals surface area contributed by atoms with Crippen molar-refractivity contribution in [2.24, 2.45) is 5.73 Å². The van der Waals surface area contributed by atoms with E-state index < -0.39 is 0 Å². The van der Waals surface area contributed by atoms with E-state index in [2.05, 4.69) is 36.9 Å². The summed E-state index contributed by atoms with van der Waals surface area (Å²) in [6.45, 7) is 7.81. The molecule has 1 aromatic rings. The third-order valence-electron chi connectivity index (χ3n) is 3.33. The third-order valence-corrected chi connectivity index (χ3v) is 3.33. The van der Waals surface area contributed by atoms with E-state index in [1.807, 2.05) is 4.90 Å². The molecule has 5 heteroatoms. The van der Waals surface area contributed by atoms with E-state index in [-0.39, 0.29) is 22.9 Å². The molecular formula is C13H21BrN4. The highest BCUT2D eigenvalue weighted by Crippen LogP contribution is 2.22. The van der Waals surface area contributed by atoms with Crippen molar-refractivity contribution in [2.45, 2.75) is 13.8 Å². The lowest BCUT2D eigenvalue weighted by atomic mass is 10.1. The average Bonchev–Trinajstić information content (AvgIpc) is 2.32. The van der Waals surface area contributed by atoms with Gasteiger partial charge in [-0.15, -0.1) is 17.0 Å². The Labute approximate surface area is 119 Å². The number of halogens is 1. The molecule has 3 N–H and O–H groups in total. The van der Waals surface area contributed by atoms with Gasteiger partial charge in [-0.2, -0.15) is 0 Å². The molecule has 0 radical (unpaired) electrons. The number of anilines is 1. The summed E-state index contributed by atoms with van der Waals surface area (Å²) in [6, 6.07) is 6.55. The number of hydrogen-bond donors (Lipinski definition) is 2. The lowest BCUT2D eigenvalue weighted by Crippen LogP contribution is -2.51. The smallest absolute Gasteiger partial charge is 0.188 e. The molecule has 4 nitrogen and oxygen atoms in total. The molecule has 0 spiro atoms. The zero-order valence-corrected chi connectivity index (χ0v) is 12.7. The Morgan fingerprint density at radius 1 is 1.17 bits per heavy atom. The van der Waals surface area contributed by atoms with E-state index in [1.165, 1.54) is 16.8 Å². The van der Waals surface area contributed by atoms with Gasteiger partial charge in [-0.3, -0.25) is 5.41 Å². The van der Waals surface area contributed by atoms with Gasteiger partial charge in [0, 0.05) is 31.9 Å². The second-order valence-corrected chi connectivity index (χ2v) is 4.65. The number of guanidine groups is 1. The van der Waals surface area contributed by atoms with Crippen LogP contribution in [0.25, 0.3) is 0 Å². The van der Waals surface area contributed by atoms with Crippen LogP contribution in [0.1, 0.15) is 11.1 Å². The first-order valence-corrected chi connectivity index (χ1v) is 5.99. The number of piperazine rings is 1. The molecule has 0 unspecified atom stereocenters. The van der Waals surface area contributed by atoms with E-state index in [9.17, 15) is 0 Å². The summed E-state index contributed by atoms with van der Waals surface area (Å²) in [7, 11) is 0. The van der Waals surface area contributed by atoms with Crippen molar-refractivity contribution in [3.05, 3.63) is 29.3 Å². The summed E-state index contributed by atoms with van der Waals surface area (Å²) in [5.74, 6) is 0.186. The molecule has 1 aromatic carbocycles. The fraction of sp³-hybridized carbons (Fsp3) is 0.462. The minimum atomic E-state index is 0. The Morgan fingerprint density at radius 2 is 1.78 bits per heavy atom. The molecule has 2 rings (SSSR count). The van der Waals surface area contributed by atoms with E-state index in [4.69, 9.17) is 11.1 Å². The Kier molecular flexibility index (Phi) is 5.02. The largest absolute Gasteiger partial charge is 0.370 e. The van der Waals surface area contributed by atoms with Crippen molar-refractivity contribution < 1.29 is 0 Å². The van der Waals surface area contributed by atoms with Gasteiger partial charge in [0.15, 0.2) is 5.96 Å². The van der Waals surface area contributed by atoms with Crippen LogP contribution in [0.15, 0.2) is 18.2 Å². The van der Waals surface area contributed by atoms with Crippen LogP contribution in [0.2, 0.25) is 0 Å². The maximum atomic E-state index is 7.42. The molecule has 0 aliphatic carbocycles. The van der Waals surface area contributed by atoms with Gasteiger partial charge in [-0.05, 0) is 31.0 Å². The maximum absolute atomic E-state index is 7.42. The highest BCUT2D eigenvalue weighted by Gasteiger charge is 2.18. The molecular weight excluding hydrogens is 292 g/mol. The van der Waals surface area contributed by atoms with Crippen molar-refractivity contribution in [1.29, 1.82) is 5.41 Å². The molecule has 1 aliphatic heterocycles. The highest BCUT2D eigenvalue weighted by molar-refractivity contribution is 8.93. The second kappa shape index (κ2) is 6.09. The van der Waals surface area contributed by atoms with Crippen LogP contribution < -0.4 is 10.6 Å². The molecule has 0 saturated carbocycles. The van der Waals surface area contributed by atoms with E-state index in [1.54, 1.807) is 0 Å². The Hall–Kier alpha value is -1.23. The third kappa shape index (κ3) is 3.16. The molecule has 1 saturated heterocycles. The number of nitrogens with two attached hydrogens (primary N) is 1. The second-order valence-electron chi connectivity index (χ2n) is 4.65. The Balaban J connectivity index is 0.00000162. The molecule has 0 bridgehead atoms. The molecule has 0 amide bonds. The zero-order valence-electron chi connectivity index (χ0n) is 10.9. The number of hydrogen-bond acceptors (Lipinski definition) is 2. The molecule has 1 heterocycles. The number of nitrogens with one attached hydrogen (secondary N) is 1. The molecule has 1 fully saturated rings. The van der Waals surface area contributed by atoms with Crippen LogP contribution in [0.4, 0.5) is 5.69 Å². The molecule has 0 aromatic heterocycles. The van der Waals surface area contributed by atoms with Crippen molar-refractivity contribution in [3.63, 3.8) is 0 Å². The van der Waals surface area contributed by atoms with Crippen molar-refractivity contribution in [2.75, 3.05) is 31.1 Å². The van der Waals surface area contributed by atoms with E-state index in [0.717, 1.165) is 26.2 Å². The van der Waals surface area contributed by atoms with Gasteiger partial charge in [0.1, 0.15) is 0 Å². The van der Waals surface area contributed by atoms with Crippen molar-refractivity contribution in [1.82, 2.24) is 4.90 Å².